The van der Waals surface area contributed by atoms with Crippen LogP contribution in [0.1, 0.15) is 10.4 Å². The number of hydrogen-bond acceptors (Lipinski definition) is 6. The lowest BCUT2D eigenvalue weighted by Gasteiger charge is -2.01. The highest BCUT2D eigenvalue weighted by molar-refractivity contribution is 9.10. The Morgan fingerprint density at radius 2 is 2.16 bits per heavy atom. The predicted molar refractivity (Wildman–Crippen MR) is 97.8 cm³/mol. The van der Waals surface area contributed by atoms with Gasteiger partial charge in [-0.25, -0.2) is 9.78 Å². The van der Waals surface area contributed by atoms with Crippen molar-refractivity contribution in [1.29, 1.82) is 0 Å². The van der Waals surface area contributed by atoms with Gasteiger partial charge in [-0.15, -0.1) is 11.3 Å². The van der Waals surface area contributed by atoms with Crippen LogP contribution >= 0.6 is 27.3 Å². The van der Waals surface area contributed by atoms with Crippen molar-refractivity contribution < 1.29 is 9.21 Å². The summed E-state index contributed by atoms with van der Waals surface area (Å²) in [7, 11) is 0. The minimum absolute atomic E-state index is 0.290. The van der Waals surface area contributed by atoms with Gasteiger partial charge in [0.2, 0.25) is 0 Å². The largest absolute Gasteiger partial charge is 0.417 e. The Kier molecular flexibility index (Phi) is 3.94. The summed E-state index contributed by atoms with van der Waals surface area (Å²) in [5, 5.41) is 5.03. The minimum atomic E-state index is -0.499. The number of aromatic amines is 1. The highest BCUT2D eigenvalue weighted by atomic mass is 79.9. The van der Waals surface area contributed by atoms with Gasteiger partial charge < -0.3 is 4.42 Å². The molecule has 0 aliphatic rings. The van der Waals surface area contributed by atoms with E-state index in [4.69, 9.17) is 4.42 Å². The molecule has 0 radical (unpaired) electrons. The molecule has 7 nitrogen and oxygen atoms in total. The van der Waals surface area contributed by atoms with Gasteiger partial charge in [0, 0.05) is 27.8 Å². The van der Waals surface area contributed by atoms with Crippen LogP contribution in [0.25, 0.3) is 22.4 Å². The van der Waals surface area contributed by atoms with Crippen molar-refractivity contribution in [1.82, 2.24) is 15.0 Å². The number of carbonyl (C=O) groups excluding carboxylic acids is 1. The van der Waals surface area contributed by atoms with Crippen molar-refractivity contribution in [3.05, 3.63) is 62.6 Å². The lowest BCUT2D eigenvalue weighted by molar-refractivity contribution is 0.102. The van der Waals surface area contributed by atoms with Crippen molar-refractivity contribution in [3.8, 4) is 11.3 Å². The van der Waals surface area contributed by atoms with Gasteiger partial charge in [-0.1, -0.05) is 6.07 Å². The molecule has 3 aromatic heterocycles. The number of nitrogens with zero attached hydrogens (tertiary/aromatic N) is 2. The molecule has 0 fully saturated rings. The number of fused-ring (bicyclic) bond motifs is 1. The summed E-state index contributed by atoms with van der Waals surface area (Å²) in [6, 6.07) is 6.98. The Bertz CT molecular complexity index is 1150. The second kappa shape index (κ2) is 6.26. The summed E-state index contributed by atoms with van der Waals surface area (Å²) < 4.78 is 5.78. The fourth-order valence-corrected chi connectivity index (χ4v) is 3.35. The van der Waals surface area contributed by atoms with Gasteiger partial charge in [0.15, 0.2) is 10.7 Å². The van der Waals surface area contributed by atoms with Crippen LogP contribution in [0.3, 0.4) is 0 Å². The third-order valence-corrected chi connectivity index (χ3v) is 4.60. The first-order valence-electron chi connectivity index (χ1n) is 7.09. The molecule has 4 aromatic rings. The van der Waals surface area contributed by atoms with Gasteiger partial charge in [-0.3, -0.25) is 20.1 Å². The van der Waals surface area contributed by atoms with Gasteiger partial charge in [0.25, 0.3) is 5.91 Å². The molecule has 0 bridgehead atoms. The third kappa shape index (κ3) is 3.24. The van der Waals surface area contributed by atoms with Gasteiger partial charge in [-0.2, -0.15) is 0 Å². The molecule has 0 unspecified atom stereocenters. The molecule has 124 valence electrons. The average Bonchev–Trinajstić information content (AvgIpc) is 3.19. The number of benzene rings is 1. The highest BCUT2D eigenvalue weighted by Crippen LogP contribution is 2.27. The maximum atomic E-state index is 12.2. The summed E-state index contributed by atoms with van der Waals surface area (Å²) in [6.45, 7) is 0. The maximum Gasteiger partial charge on any atom is 0.417 e. The lowest BCUT2D eigenvalue weighted by Crippen LogP contribution is -2.11. The molecule has 2 N–H and O–H groups in total. The Labute approximate surface area is 152 Å². The number of H-pyrrole nitrogens is 1. The number of aromatic nitrogens is 3. The van der Waals surface area contributed by atoms with E-state index < -0.39 is 5.76 Å². The van der Waals surface area contributed by atoms with E-state index in [9.17, 15) is 9.59 Å². The Balaban J connectivity index is 1.58. The summed E-state index contributed by atoms with van der Waals surface area (Å²) >= 11 is 4.59. The van der Waals surface area contributed by atoms with Gasteiger partial charge in [-0.05, 0) is 34.1 Å². The number of nitrogens with one attached hydrogen (secondary N) is 2. The monoisotopic (exact) mass is 416 g/mol. The van der Waals surface area contributed by atoms with Crippen LogP contribution in [0.4, 0.5) is 5.13 Å². The van der Waals surface area contributed by atoms with E-state index in [2.05, 4.69) is 36.2 Å². The highest BCUT2D eigenvalue weighted by Gasteiger charge is 2.12. The van der Waals surface area contributed by atoms with Crippen LogP contribution in [0.15, 0.2) is 55.7 Å². The second-order valence-electron chi connectivity index (χ2n) is 5.11. The second-order valence-corrected chi connectivity index (χ2v) is 6.88. The van der Waals surface area contributed by atoms with Gasteiger partial charge >= 0.3 is 5.76 Å². The molecular weight excluding hydrogens is 408 g/mol. The first kappa shape index (κ1) is 15.7. The van der Waals surface area contributed by atoms with Crippen molar-refractivity contribution in [3.63, 3.8) is 0 Å². The molecule has 0 aliphatic carbocycles. The van der Waals surface area contributed by atoms with E-state index in [-0.39, 0.29) is 5.91 Å². The zero-order chi connectivity index (χ0) is 17.4. The zero-order valence-corrected chi connectivity index (χ0v) is 14.8. The number of hydrogen-bond donors (Lipinski definition) is 2. The van der Waals surface area contributed by atoms with Gasteiger partial charge in [0.1, 0.15) is 0 Å². The SMILES string of the molecule is O=C(Nc1nc(-c2ccc3[nH]c(=O)oc3c2)cs1)c1cncc(Br)c1. The van der Waals surface area contributed by atoms with Crippen LogP contribution < -0.4 is 11.1 Å². The fraction of sp³-hybridized carbons (Fsp3) is 0. The molecule has 0 atom stereocenters. The lowest BCUT2D eigenvalue weighted by atomic mass is 10.1. The summed E-state index contributed by atoms with van der Waals surface area (Å²) in [5.41, 5.74) is 2.98. The molecular formula is C16H9BrN4O3S. The fourth-order valence-electron chi connectivity index (χ4n) is 2.27. The molecule has 0 saturated carbocycles. The number of anilines is 1. The first-order chi connectivity index (χ1) is 12.1. The number of carbonyl (C=O) groups is 1. The molecule has 0 saturated heterocycles. The van der Waals surface area contributed by atoms with E-state index >= 15 is 0 Å². The minimum Gasteiger partial charge on any atom is -0.408 e. The van der Waals surface area contributed by atoms with Gasteiger partial charge in [0.05, 0.1) is 16.8 Å². The van der Waals surface area contributed by atoms with E-state index in [0.717, 1.165) is 10.0 Å². The Morgan fingerprint density at radius 1 is 1.28 bits per heavy atom. The van der Waals surface area contributed by atoms with Crippen molar-refractivity contribution in [2.24, 2.45) is 0 Å². The third-order valence-electron chi connectivity index (χ3n) is 3.41. The van der Waals surface area contributed by atoms with Crippen LogP contribution in [-0.4, -0.2) is 20.9 Å². The van der Waals surface area contributed by atoms with Crippen molar-refractivity contribution in [2.75, 3.05) is 5.32 Å². The standard InChI is InChI=1S/C16H9BrN4O3S/c17-10-3-9(5-18-6-10)14(22)21-15-19-12(7-25-15)8-1-2-11-13(4-8)24-16(23)20-11/h1-7H,(H,20,23)(H,19,21,22). The van der Waals surface area contributed by atoms with E-state index in [1.807, 2.05) is 11.4 Å². The van der Waals surface area contributed by atoms with Crippen LogP contribution in [0.2, 0.25) is 0 Å². The quantitative estimate of drug-likeness (QED) is 0.530. The number of rotatable bonds is 3. The van der Waals surface area contributed by atoms with Crippen LogP contribution in [-0.2, 0) is 0 Å². The van der Waals surface area contributed by atoms with E-state index in [1.54, 1.807) is 24.4 Å². The van der Waals surface area contributed by atoms with E-state index in [0.29, 0.717) is 27.5 Å². The smallest absolute Gasteiger partial charge is 0.408 e. The zero-order valence-electron chi connectivity index (χ0n) is 12.4. The Hall–Kier alpha value is -2.78. The number of oxazole rings is 1. The van der Waals surface area contributed by atoms with Crippen molar-refractivity contribution >= 4 is 49.4 Å². The summed E-state index contributed by atoms with van der Waals surface area (Å²) in [5.74, 6) is -0.789. The molecule has 3 heterocycles. The normalized spacial score (nSPS) is 10.9. The van der Waals surface area contributed by atoms with Crippen LogP contribution in [0, 0.1) is 0 Å². The van der Waals surface area contributed by atoms with Crippen molar-refractivity contribution in [2.45, 2.75) is 0 Å². The number of halogens is 1. The summed E-state index contributed by atoms with van der Waals surface area (Å²) in [6.07, 6.45) is 3.09. The predicted octanol–water partition coefficient (Wildman–Crippen LogP) is 3.65. The molecule has 1 aromatic carbocycles. The summed E-state index contributed by atoms with van der Waals surface area (Å²) in [4.78, 5) is 34.4. The number of thiazole rings is 1. The first-order valence-corrected chi connectivity index (χ1v) is 8.76. The molecule has 25 heavy (non-hydrogen) atoms. The maximum absolute atomic E-state index is 12.2. The molecule has 4 rings (SSSR count). The topological polar surface area (TPSA) is 101 Å². The molecule has 0 spiro atoms. The Morgan fingerprint density at radius 3 is 3.00 bits per heavy atom. The van der Waals surface area contributed by atoms with Crippen LogP contribution in [0.5, 0.6) is 0 Å². The molecule has 1 amide bonds. The number of amides is 1. The molecule has 9 heteroatoms. The average molecular weight is 417 g/mol. The number of pyridine rings is 1. The van der Waals surface area contributed by atoms with E-state index in [1.165, 1.54) is 17.5 Å². The molecule has 0 aliphatic heterocycles.